The predicted octanol–water partition coefficient (Wildman–Crippen LogP) is 4.02. The van der Waals surface area contributed by atoms with Gasteiger partial charge in [0.05, 0.1) is 18.8 Å². The van der Waals surface area contributed by atoms with Crippen LogP contribution >= 0.6 is 8.19 Å². The van der Waals surface area contributed by atoms with Crippen molar-refractivity contribution in [1.82, 2.24) is 0 Å². The fraction of sp³-hybridized carbons (Fsp3) is 0.417. The van der Waals surface area contributed by atoms with E-state index in [4.69, 9.17) is 9.15 Å². The quantitative estimate of drug-likeness (QED) is 0.815. The molecule has 0 radical (unpaired) electrons. The first-order chi connectivity index (χ1) is 7.45. The zero-order valence-corrected chi connectivity index (χ0v) is 10.8. The van der Waals surface area contributed by atoms with Crippen LogP contribution in [0.5, 0.6) is 11.2 Å². The van der Waals surface area contributed by atoms with E-state index in [-0.39, 0.29) is 5.41 Å². The molecular weight excluding hydrogens is 223 g/mol. The molecule has 0 saturated carbocycles. The maximum Gasteiger partial charge on any atom is 0.188 e. The molecule has 0 aliphatic carbocycles. The van der Waals surface area contributed by atoms with Crippen molar-refractivity contribution < 1.29 is 14.3 Å². The van der Waals surface area contributed by atoms with Gasteiger partial charge in [-0.1, -0.05) is 20.8 Å². The number of hydrogen-bond acceptors (Lipinski definition) is 3. The minimum absolute atomic E-state index is 0.0929. The molecule has 16 heavy (non-hydrogen) atoms. The van der Waals surface area contributed by atoms with E-state index in [9.17, 15) is 5.11 Å². The molecule has 3 nitrogen and oxygen atoms in total. The zero-order valence-electron chi connectivity index (χ0n) is 9.87. The van der Waals surface area contributed by atoms with Crippen LogP contribution < -0.4 is 4.74 Å². The van der Waals surface area contributed by atoms with Crippen molar-refractivity contribution >= 4 is 19.2 Å². The number of furan rings is 1. The molecule has 2 heterocycles. The van der Waals surface area contributed by atoms with E-state index in [2.05, 4.69) is 20.8 Å². The summed E-state index contributed by atoms with van der Waals surface area (Å²) in [5.74, 6) is 0.318. The SMILES string of the molecule is COc1pc(C(C)(C)C)c(O)c2ccoc12. The predicted molar refractivity (Wildman–Crippen MR) is 65.6 cm³/mol. The van der Waals surface area contributed by atoms with Crippen molar-refractivity contribution in [2.24, 2.45) is 0 Å². The first-order valence-corrected chi connectivity index (χ1v) is 5.99. The Kier molecular flexibility index (Phi) is 2.59. The molecule has 1 N–H and O–H groups in total. The van der Waals surface area contributed by atoms with Gasteiger partial charge in [0, 0.05) is 5.30 Å². The molecule has 0 saturated heterocycles. The lowest BCUT2D eigenvalue weighted by atomic mass is 9.93. The average Bonchev–Trinajstić information content (AvgIpc) is 2.65. The lowest BCUT2D eigenvalue weighted by Gasteiger charge is -2.20. The van der Waals surface area contributed by atoms with Gasteiger partial charge in [-0.3, -0.25) is 0 Å². The number of rotatable bonds is 1. The highest BCUT2D eigenvalue weighted by molar-refractivity contribution is 7.34. The number of methoxy groups -OCH3 is 1. The molecule has 0 amide bonds. The molecule has 2 rings (SSSR count). The van der Waals surface area contributed by atoms with Crippen molar-refractivity contribution in [2.75, 3.05) is 7.11 Å². The summed E-state index contributed by atoms with van der Waals surface area (Å²) in [6.07, 6.45) is 1.57. The summed E-state index contributed by atoms with van der Waals surface area (Å²) in [6.45, 7) is 6.22. The lowest BCUT2D eigenvalue weighted by Crippen LogP contribution is -2.09. The summed E-state index contributed by atoms with van der Waals surface area (Å²) < 4.78 is 10.6. The second-order valence-electron chi connectivity index (χ2n) is 4.73. The maximum atomic E-state index is 10.2. The van der Waals surface area contributed by atoms with E-state index in [0.717, 1.165) is 24.4 Å². The summed E-state index contributed by atoms with van der Waals surface area (Å²) in [7, 11) is 2.50. The third-order valence-electron chi connectivity index (χ3n) is 2.46. The highest BCUT2D eigenvalue weighted by Gasteiger charge is 2.24. The fourth-order valence-electron chi connectivity index (χ4n) is 1.66. The summed E-state index contributed by atoms with van der Waals surface area (Å²) in [4.78, 5) is 0. The number of hydrogen-bond donors (Lipinski definition) is 1. The third-order valence-corrected chi connectivity index (χ3v) is 4.15. The summed E-state index contributed by atoms with van der Waals surface area (Å²) in [5, 5.41) is 11.9. The molecule has 86 valence electrons. The molecule has 0 atom stereocenters. The van der Waals surface area contributed by atoms with Gasteiger partial charge in [0.25, 0.3) is 0 Å². The smallest absolute Gasteiger partial charge is 0.188 e. The fourth-order valence-corrected chi connectivity index (χ4v) is 2.79. The number of aromatic hydroxyl groups is 1. The van der Waals surface area contributed by atoms with Crippen LogP contribution in [-0.2, 0) is 5.41 Å². The molecule has 2 aromatic rings. The Bertz CT molecular complexity index is 523. The Morgan fingerprint density at radius 1 is 1.38 bits per heavy atom. The van der Waals surface area contributed by atoms with Crippen LogP contribution in [0.3, 0.4) is 0 Å². The van der Waals surface area contributed by atoms with Gasteiger partial charge < -0.3 is 14.3 Å². The molecule has 0 unspecified atom stereocenters. The van der Waals surface area contributed by atoms with Crippen LogP contribution in [0.1, 0.15) is 26.1 Å². The molecule has 0 fully saturated rings. The van der Waals surface area contributed by atoms with Gasteiger partial charge in [0.1, 0.15) is 5.75 Å². The van der Waals surface area contributed by atoms with Crippen LogP contribution in [-0.4, -0.2) is 12.2 Å². The van der Waals surface area contributed by atoms with Crippen molar-refractivity contribution in [1.29, 1.82) is 0 Å². The van der Waals surface area contributed by atoms with Crippen molar-refractivity contribution in [3.05, 3.63) is 17.6 Å². The van der Waals surface area contributed by atoms with Gasteiger partial charge in [0.2, 0.25) is 0 Å². The van der Waals surface area contributed by atoms with Crippen molar-refractivity contribution in [2.45, 2.75) is 26.2 Å². The van der Waals surface area contributed by atoms with Crippen LogP contribution in [0, 0.1) is 0 Å². The topological polar surface area (TPSA) is 42.6 Å². The van der Waals surface area contributed by atoms with Crippen LogP contribution in [0.25, 0.3) is 11.0 Å². The molecule has 0 bridgehead atoms. The molecule has 4 heteroatoms. The van der Waals surface area contributed by atoms with Gasteiger partial charge in [-0.05, 0) is 19.7 Å². The van der Waals surface area contributed by atoms with Gasteiger partial charge >= 0.3 is 0 Å². The Morgan fingerprint density at radius 3 is 2.62 bits per heavy atom. The first-order valence-electron chi connectivity index (χ1n) is 5.10. The molecule has 0 aromatic carbocycles. The maximum absolute atomic E-state index is 10.2. The second kappa shape index (κ2) is 3.67. The third kappa shape index (κ3) is 1.65. The highest BCUT2D eigenvalue weighted by Crippen LogP contribution is 2.48. The Labute approximate surface area is 96.1 Å². The number of fused-ring (bicyclic) bond motifs is 1. The van der Waals surface area contributed by atoms with Gasteiger partial charge in [0.15, 0.2) is 11.1 Å². The highest BCUT2D eigenvalue weighted by atomic mass is 31.0. The van der Waals surface area contributed by atoms with Crippen molar-refractivity contribution in [3.8, 4) is 11.2 Å². The molecule has 0 spiro atoms. The monoisotopic (exact) mass is 238 g/mol. The first kappa shape index (κ1) is 11.3. The van der Waals surface area contributed by atoms with E-state index in [1.54, 1.807) is 19.4 Å². The van der Waals surface area contributed by atoms with E-state index in [1.807, 2.05) is 0 Å². The second-order valence-corrected chi connectivity index (χ2v) is 5.81. The molecule has 0 aliphatic rings. The minimum Gasteiger partial charge on any atom is -0.506 e. The number of ether oxygens (including phenoxy) is 1. The average molecular weight is 238 g/mol. The Balaban J connectivity index is 2.81. The van der Waals surface area contributed by atoms with E-state index < -0.39 is 0 Å². The van der Waals surface area contributed by atoms with Gasteiger partial charge in [-0.15, -0.1) is 0 Å². The molecule has 2 aromatic heterocycles. The minimum atomic E-state index is -0.0929. The van der Waals surface area contributed by atoms with Crippen LogP contribution in [0.4, 0.5) is 0 Å². The van der Waals surface area contributed by atoms with E-state index >= 15 is 0 Å². The molecule has 0 aliphatic heterocycles. The van der Waals surface area contributed by atoms with Crippen molar-refractivity contribution in [3.63, 3.8) is 0 Å². The zero-order chi connectivity index (χ0) is 11.9. The molecular formula is C12H15O3P. The van der Waals surface area contributed by atoms with Crippen LogP contribution in [0.15, 0.2) is 16.7 Å². The normalized spacial score (nSPS) is 12.5. The van der Waals surface area contributed by atoms with Crippen LogP contribution in [0.2, 0.25) is 0 Å². The summed E-state index contributed by atoms with van der Waals surface area (Å²) in [6, 6.07) is 1.77. The Hall–Kier alpha value is -1.21. The summed E-state index contributed by atoms with van der Waals surface area (Å²) >= 11 is 0. The summed E-state index contributed by atoms with van der Waals surface area (Å²) in [5.41, 5.74) is 1.29. The lowest BCUT2D eigenvalue weighted by molar-refractivity contribution is 0.419. The Morgan fingerprint density at radius 2 is 2.06 bits per heavy atom. The van der Waals surface area contributed by atoms with E-state index in [1.165, 1.54) is 0 Å². The largest absolute Gasteiger partial charge is 0.506 e. The van der Waals surface area contributed by atoms with Gasteiger partial charge in [-0.25, -0.2) is 0 Å². The standard InChI is InChI=1S/C12H15O3P/c1-12(2,3)10-8(13)7-5-6-15-9(7)11(14-4)16-10/h5-6,13H,1-4H3. The van der Waals surface area contributed by atoms with E-state index in [0.29, 0.717) is 11.3 Å². The van der Waals surface area contributed by atoms with Gasteiger partial charge in [-0.2, -0.15) is 0 Å².